The molecule has 0 heterocycles. The topological polar surface area (TPSA) is 0 Å². The zero-order valence-electron chi connectivity index (χ0n) is 7.56. The lowest BCUT2D eigenvalue weighted by molar-refractivity contribution is 1.11. The minimum atomic E-state index is 0.684. The highest BCUT2D eigenvalue weighted by Gasteiger charge is 1.86. The van der Waals surface area contributed by atoms with Gasteiger partial charge in [0.2, 0.25) is 0 Å². The van der Waals surface area contributed by atoms with E-state index >= 15 is 0 Å². The predicted molar refractivity (Wildman–Crippen MR) is 62.2 cm³/mol. The molecular weight excluding hydrogens is 226 g/mol. The molecule has 0 unspecified atom stereocenters. The Kier molecular flexibility index (Phi) is 8.74. The maximum Gasteiger partial charge on any atom is 0.0435 e. The molecule has 0 aliphatic heterocycles. The van der Waals surface area contributed by atoms with Gasteiger partial charge in [0, 0.05) is 16.8 Å². The molecule has 0 aromatic heterocycles. The molecule has 0 radical (unpaired) electrons. The van der Waals surface area contributed by atoms with Crippen LogP contribution in [0.25, 0.3) is 0 Å². The summed E-state index contributed by atoms with van der Waals surface area (Å²) in [7, 11) is 0. The normalized spacial score (nSPS) is 8.92. The molecule has 0 amide bonds. The van der Waals surface area contributed by atoms with Crippen molar-refractivity contribution in [3.05, 3.63) is 34.9 Å². The van der Waals surface area contributed by atoms with E-state index in [9.17, 15) is 0 Å². The first-order valence-corrected chi connectivity index (χ1v) is 5.50. The molecule has 13 heavy (non-hydrogen) atoms. The van der Waals surface area contributed by atoms with Crippen molar-refractivity contribution in [1.29, 1.82) is 0 Å². The van der Waals surface area contributed by atoms with Gasteiger partial charge in [0.1, 0.15) is 0 Å². The first kappa shape index (κ1) is 13.1. The quantitative estimate of drug-likeness (QED) is 0.667. The van der Waals surface area contributed by atoms with Gasteiger partial charge in [-0.05, 0) is 25.0 Å². The maximum atomic E-state index is 5.71. The highest BCUT2D eigenvalue weighted by Crippen LogP contribution is 2.11. The van der Waals surface area contributed by atoms with E-state index in [0.717, 1.165) is 17.0 Å². The van der Waals surface area contributed by atoms with E-state index in [-0.39, 0.29) is 0 Å². The minimum absolute atomic E-state index is 0.684. The second-order valence-corrected chi connectivity index (χ2v) is 3.64. The largest absolute Gasteiger partial charge is 0.127 e. The molecule has 0 atom stereocenters. The van der Waals surface area contributed by atoms with Crippen LogP contribution in [-0.2, 0) is 0 Å². The first-order chi connectivity index (χ1) is 6.22. The molecule has 0 bridgehead atoms. The number of hydrogen-bond donors (Lipinski definition) is 0. The summed E-state index contributed by atoms with van der Waals surface area (Å²) in [5.41, 5.74) is 1.13. The van der Waals surface area contributed by atoms with Crippen molar-refractivity contribution in [2.75, 3.05) is 11.8 Å². The van der Waals surface area contributed by atoms with Crippen molar-refractivity contribution < 1.29 is 0 Å². The minimum Gasteiger partial charge on any atom is -0.127 e. The second-order valence-electron chi connectivity index (χ2n) is 2.48. The summed E-state index contributed by atoms with van der Waals surface area (Å²) in [4.78, 5) is 0. The van der Waals surface area contributed by atoms with Gasteiger partial charge in [0.15, 0.2) is 0 Å². The van der Waals surface area contributed by atoms with E-state index in [1.807, 2.05) is 31.2 Å². The van der Waals surface area contributed by atoms with Gasteiger partial charge in [0.25, 0.3) is 0 Å². The molecule has 1 rings (SSSR count). The average molecular weight is 240 g/mol. The van der Waals surface area contributed by atoms with E-state index in [2.05, 4.69) is 0 Å². The van der Waals surface area contributed by atoms with E-state index in [1.165, 1.54) is 0 Å². The Morgan fingerprint density at radius 3 is 1.85 bits per heavy atom. The fraction of sp³-hybridized carbons (Fsp3) is 0.400. The fourth-order valence-electron chi connectivity index (χ4n) is 0.601. The van der Waals surface area contributed by atoms with Gasteiger partial charge in [-0.15, -0.1) is 23.2 Å². The summed E-state index contributed by atoms with van der Waals surface area (Å²) in [5, 5.41) is 0.840. The molecule has 1 aromatic rings. The van der Waals surface area contributed by atoms with Crippen molar-refractivity contribution in [2.45, 2.75) is 13.3 Å². The molecule has 0 N–H and O–H groups in total. The lowest BCUT2D eigenvalue weighted by Gasteiger charge is -1.90. The van der Waals surface area contributed by atoms with Crippen LogP contribution in [0.15, 0.2) is 24.3 Å². The van der Waals surface area contributed by atoms with Gasteiger partial charge in [0.05, 0.1) is 0 Å². The number of hydrogen-bond acceptors (Lipinski definition) is 0. The fourth-order valence-corrected chi connectivity index (χ4v) is 1.14. The van der Waals surface area contributed by atoms with Gasteiger partial charge in [-0.25, -0.2) is 0 Å². The molecule has 0 saturated carbocycles. The second kappa shape index (κ2) is 8.68. The summed E-state index contributed by atoms with van der Waals surface area (Å²) in [6, 6.07) is 7.77. The van der Waals surface area contributed by atoms with Crippen LogP contribution in [0.2, 0.25) is 5.02 Å². The van der Waals surface area contributed by atoms with E-state index in [1.54, 1.807) is 0 Å². The third-order valence-corrected chi connectivity index (χ3v) is 2.30. The third kappa shape index (κ3) is 7.18. The molecule has 1 aromatic carbocycles. The number of benzene rings is 1. The van der Waals surface area contributed by atoms with Crippen LogP contribution >= 0.6 is 34.8 Å². The predicted octanol–water partition coefficient (Wildman–Crippen LogP) is 4.50. The molecule has 0 spiro atoms. The van der Waals surface area contributed by atoms with E-state index in [4.69, 9.17) is 34.8 Å². The monoisotopic (exact) mass is 238 g/mol. The SMILES string of the molecule is Cc1ccccc1Cl.ClCCCCl. The van der Waals surface area contributed by atoms with Crippen LogP contribution in [0.4, 0.5) is 0 Å². The van der Waals surface area contributed by atoms with Crippen LogP contribution in [0.3, 0.4) is 0 Å². The summed E-state index contributed by atoms with van der Waals surface area (Å²) in [5.74, 6) is 1.37. The Bertz CT molecular complexity index is 200. The summed E-state index contributed by atoms with van der Waals surface area (Å²) >= 11 is 16.1. The summed E-state index contributed by atoms with van der Waals surface area (Å²) in [6.07, 6.45) is 0.920. The Morgan fingerprint density at radius 1 is 1.08 bits per heavy atom. The van der Waals surface area contributed by atoms with Crippen LogP contribution < -0.4 is 0 Å². The Hall–Kier alpha value is 0.0900. The van der Waals surface area contributed by atoms with Gasteiger partial charge >= 0.3 is 0 Å². The molecular formula is C10H13Cl3. The Labute approximate surface area is 94.8 Å². The van der Waals surface area contributed by atoms with Crippen molar-refractivity contribution in [2.24, 2.45) is 0 Å². The molecule has 74 valence electrons. The van der Waals surface area contributed by atoms with Crippen LogP contribution in [0.1, 0.15) is 12.0 Å². The zero-order chi connectivity index (χ0) is 10.1. The molecule has 3 heteroatoms. The number of rotatable bonds is 2. The first-order valence-electron chi connectivity index (χ1n) is 4.05. The Balaban J connectivity index is 0.000000252. The van der Waals surface area contributed by atoms with Crippen molar-refractivity contribution in [3.8, 4) is 0 Å². The zero-order valence-corrected chi connectivity index (χ0v) is 9.83. The molecule has 0 saturated heterocycles. The van der Waals surface area contributed by atoms with Crippen molar-refractivity contribution in [1.82, 2.24) is 0 Å². The van der Waals surface area contributed by atoms with Gasteiger partial charge < -0.3 is 0 Å². The lowest BCUT2D eigenvalue weighted by atomic mass is 10.2. The van der Waals surface area contributed by atoms with Gasteiger partial charge in [-0.2, -0.15) is 0 Å². The van der Waals surface area contributed by atoms with Crippen LogP contribution in [-0.4, -0.2) is 11.8 Å². The number of aryl methyl sites for hydroxylation is 1. The standard InChI is InChI=1S/C7H7Cl.C3H6Cl2/c1-6-4-2-3-5-7(6)8;4-2-1-3-5/h2-5H,1H3;1-3H2. The molecule has 0 aliphatic carbocycles. The molecule has 0 fully saturated rings. The van der Waals surface area contributed by atoms with E-state index in [0.29, 0.717) is 11.8 Å². The van der Waals surface area contributed by atoms with Gasteiger partial charge in [-0.1, -0.05) is 29.8 Å². The number of alkyl halides is 2. The van der Waals surface area contributed by atoms with Crippen molar-refractivity contribution >= 4 is 34.8 Å². The highest BCUT2D eigenvalue weighted by molar-refractivity contribution is 6.31. The van der Waals surface area contributed by atoms with E-state index < -0.39 is 0 Å². The third-order valence-electron chi connectivity index (χ3n) is 1.34. The maximum absolute atomic E-state index is 5.71. The molecule has 0 nitrogen and oxygen atoms in total. The Morgan fingerprint density at radius 2 is 1.62 bits per heavy atom. The van der Waals surface area contributed by atoms with Crippen molar-refractivity contribution in [3.63, 3.8) is 0 Å². The van der Waals surface area contributed by atoms with Gasteiger partial charge in [-0.3, -0.25) is 0 Å². The molecule has 0 aliphatic rings. The smallest absolute Gasteiger partial charge is 0.0435 e. The lowest BCUT2D eigenvalue weighted by Crippen LogP contribution is -1.70. The van der Waals surface area contributed by atoms with Crippen LogP contribution in [0.5, 0.6) is 0 Å². The summed E-state index contributed by atoms with van der Waals surface area (Å²) in [6.45, 7) is 1.99. The summed E-state index contributed by atoms with van der Waals surface area (Å²) < 4.78 is 0. The highest BCUT2D eigenvalue weighted by atomic mass is 35.5. The number of halogens is 3. The van der Waals surface area contributed by atoms with Crippen LogP contribution in [0, 0.1) is 6.92 Å². The average Bonchev–Trinajstić information content (AvgIpc) is 2.13.